The quantitative estimate of drug-likeness (QED) is 0.899. The van der Waals surface area contributed by atoms with E-state index in [0.29, 0.717) is 5.75 Å². The maximum atomic E-state index is 9.19. The number of hydrogen-bond donors (Lipinski definition) is 1. The predicted octanol–water partition coefficient (Wildman–Crippen LogP) is 3.87. The highest BCUT2D eigenvalue weighted by molar-refractivity contribution is 8.01. The summed E-state index contributed by atoms with van der Waals surface area (Å²) in [6, 6.07) is 7.21. The SMILES string of the molecule is CCc1sc(Sc2ccc(O)cc2)nc1C. The van der Waals surface area contributed by atoms with Crippen LogP contribution >= 0.6 is 23.1 Å². The first-order valence-corrected chi connectivity index (χ1v) is 6.75. The molecule has 1 aromatic heterocycles. The molecule has 0 atom stereocenters. The molecule has 0 fully saturated rings. The average molecular weight is 251 g/mol. The minimum atomic E-state index is 0.300. The summed E-state index contributed by atoms with van der Waals surface area (Å²) in [5.74, 6) is 0.300. The Morgan fingerprint density at radius 3 is 2.56 bits per heavy atom. The van der Waals surface area contributed by atoms with Gasteiger partial charge in [0.15, 0.2) is 4.34 Å². The molecule has 1 N–H and O–H groups in total. The number of aromatic hydroxyl groups is 1. The monoisotopic (exact) mass is 251 g/mol. The van der Waals surface area contributed by atoms with Crippen molar-refractivity contribution in [3.63, 3.8) is 0 Å². The fourth-order valence-electron chi connectivity index (χ4n) is 1.39. The number of benzene rings is 1. The second-order valence-electron chi connectivity index (χ2n) is 3.44. The van der Waals surface area contributed by atoms with E-state index in [9.17, 15) is 5.11 Å². The lowest BCUT2D eigenvalue weighted by Crippen LogP contribution is -1.77. The minimum absolute atomic E-state index is 0.300. The first-order chi connectivity index (χ1) is 7.69. The molecular weight excluding hydrogens is 238 g/mol. The van der Waals surface area contributed by atoms with Crippen LogP contribution in [0.4, 0.5) is 0 Å². The van der Waals surface area contributed by atoms with Crippen LogP contribution < -0.4 is 0 Å². The Balaban J connectivity index is 2.17. The van der Waals surface area contributed by atoms with Gasteiger partial charge in [0, 0.05) is 9.77 Å². The third-order valence-electron chi connectivity index (χ3n) is 2.24. The van der Waals surface area contributed by atoms with Crippen LogP contribution in [-0.4, -0.2) is 10.1 Å². The third kappa shape index (κ3) is 2.57. The second kappa shape index (κ2) is 4.89. The first-order valence-electron chi connectivity index (χ1n) is 5.12. The molecule has 1 heterocycles. The molecule has 0 amide bonds. The van der Waals surface area contributed by atoms with Gasteiger partial charge in [0.05, 0.1) is 5.69 Å². The van der Waals surface area contributed by atoms with Crippen LogP contribution in [0.5, 0.6) is 5.75 Å². The van der Waals surface area contributed by atoms with Crippen molar-refractivity contribution in [2.75, 3.05) is 0 Å². The summed E-state index contributed by atoms with van der Waals surface area (Å²) < 4.78 is 1.07. The van der Waals surface area contributed by atoms with Crippen LogP contribution in [0, 0.1) is 6.92 Å². The van der Waals surface area contributed by atoms with E-state index in [0.717, 1.165) is 21.3 Å². The van der Waals surface area contributed by atoms with Crippen molar-refractivity contribution >= 4 is 23.1 Å². The van der Waals surface area contributed by atoms with Crippen LogP contribution in [0.25, 0.3) is 0 Å². The molecule has 2 rings (SSSR count). The second-order valence-corrected chi connectivity index (χ2v) is 5.84. The van der Waals surface area contributed by atoms with E-state index in [1.807, 2.05) is 12.1 Å². The molecule has 0 unspecified atom stereocenters. The van der Waals surface area contributed by atoms with Crippen molar-refractivity contribution in [1.29, 1.82) is 0 Å². The highest BCUT2D eigenvalue weighted by Gasteiger charge is 2.07. The number of aryl methyl sites for hydroxylation is 2. The molecule has 0 aliphatic rings. The number of thiazole rings is 1. The molecule has 0 aliphatic carbocycles. The van der Waals surface area contributed by atoms with Gasteiger partial charge in [-0.05, 0) is 37.6 Å². The van der Waals surface area contributed by atoms with Gasteiger partial charge in [0.1, 0.15) is 5.75 Å². The fourth-order valence-corrected chi connectivity index (χ4v) is 3.53. The van der Waals surface area contributed by atoms with Gasteiger partial charge < -0.3 is 5.11 Å². The lowest BCUT2D eigenvalue weighted by molar-refractivity contribution is 0.475. The minimum Gasteiger partial charge on any atom is -0.508 e. The molecule has 0 saturated heterocycles. The van der Waals surface area contributed by atoms with Crippen LogP contribution in [-0.2, 0) is 6.42 Å². The normalized spacial score (nSPS) is 10.6. The van der Waals surface area contributed by atoms with E-state index in [1.54, 1.807) is 35.2 Å². The van der Waals surface area contributed by atoms with Crippen molar-refractivity contribution < 1.29 is 5.11 Å². The Morgan fingerprint density at radius 1 is 1.31 bits per heavy atom. The Bertz CT molecular complexity index is 476. The molecular formula is C12H13NOS2. The molecule has 0 aliphatic heterocycles. The zero-order valence-corrected chi connectivity index (χ0v) is 10.9. The summed E-state index contributed by atoms with van der Waals surface area (Å²) in [7, 11) is 0. The molecule has 16 heavy (non-hydrogen) atoms. The number of aromatic nitrogens is 1. The third-order valence-corrected chi connectivity index (χ3v) is 4.61. The smallest absolute Gasteiger partial charge is 0.155 e. The van der Waals surface area contributed by atoms with Crippen LogP contribution in [0.3, 0.4) is 0 Å². The van der Waals surface area contributed by atoms with Gasteiger partial charge in [-0.25, -0.2) is 4.98 Å². The van der Waals surface area contributed by atoms with Gasteiger partial charge >= 0.3 is 0 Å². The number of nitrogens with zero attached hydrogens (tertiary/aromatic N) is 1. The zero-order valence-electron chi connectivity index (χ0n) is 9.23. The topological polar surface area (TPSA) is 33.1 Å². The lowest BCUT2D eigenvalue weighted by Gasteiger charge is -1.97. The number of phenols is 1. The number of hydrogen-bond acceptors (Lipinski definition) is 4. The Morgan fingerprint density at radius 2 is 2.00 bits per heavy atom. The van der Waals surface area contributed by atoms with Crippen molar-refractivity contribution in [2.45, 2.75) is 29.5 Å². The summed E-state index contributed by atoms with van der Waals surface area (Å²) in [5.41, 5.74) is 1.13. The van der Waals surface area contributed by atoms with Gasteiger partial charge in [-0.2, -0.15) is 0 Å². The molecule has 84 valence electrons. The van der Waals surface area contributed by atoms with Crippen LogP contribution in [0.2, 0.25) is 0 Å². The fraction of sp³-hybridized carbons (Fsp3) is 0.250. The maximum absolute atomic E-state index is 9.19. The summed E-state index contributed by atoms with van der Waals surface area (Å²) >= 11 is 3.39. The van der Waals surface area contributed by atoms with Crippen LogP contribution in [0.1, 0.15) is 17.5 Å². The highest BCUT2D eigenvalue weighted by Crippen LogP contribution is 2.33. The largest absolute Gasteiger partial charge is 0.508 e. The summed E-state index contributed by atoms with van der Waals surface area (Å²) in [5, 5.41) is 9.19. The van der Waals surface area contributed by atoms with Gasteiger partial charge in [0.2, 0.25) is 0 Å². The molecule has 0 saturated carbocycles. The number of rotatable bonds is 3. The van der Waals surface area contributed by atoms with E-state index < -0.39 is 0 Å². The highest BCUT2D eigenvalue weighted by atomic mass is 32.2. The van der Waals surface area contributed by atoms with E-state index in [4.69, 9.17) is 0 Å². The molecule has 2 nitrogen and oxygen atoms in total. The van der Waals surface area contributed by atoms with Gasteiger partial charge in [-0.1, -0.05) is 18.7 Å². The van der Waals surface area contributed by atoms with Gasteiger partial charge in [0.25, 0.3) is 0 Å². The summed E-state index contributed by atoms with van der Waals surface area (Å²) in [6.07, 6.45) is 1.04. The molecule has 0 spiro atoms. The van der Waals surface area contributed by atoms with E-state index >= 15 is 0 Å². The standard InChI is InChI=1S/C12H13NOS2/c1-3-11-8(2)13-12(16-11)15-10-6-4-9(14)5-7-10/h4-7,14H,3H2,1-2H3. The maximum Gasteiger partial charge on any atom is 0.155 e. The van der Waals surface area contributed by atoms with Crippen molar-refractivity contribution in [2.24, 2.45) is 0 Å². The molecule has 0 bridgehead atoms. The van der Waals surface area contributed by atoms with E-state index in [2.05, 4.69) is 18.8 Å². The zero-order chi connectivity index (χ0) is 11.5. The molecule has 4 heteroatoms. The van der Waals surface area contributed by atoms with Gasteiger partial charge in [-0.3, -0.25) is 0 Å². The molecule has 2 aromatic rings. The summed E-state index contributed by atoms with van der Waals surface area (Å²) in [4.78, 5) is 6.97. The van der Waals surface area contributed by atoms with E-state index in [-0.39, 0.29) is 0 Å². The van der Waals surface area contributed by atoms with Gasteiger partial charge in [-0.15, -0.1) is 11.3 Å². The average Bonchev–Trinajstić information content (AvgIpc) is 2.62. The Labute approximate surface area is 103 Å². The predicted molar refractivity (Wildman–Crippen MR) is 68.5 cm³/mol. The lowest BCUT2D eigenvalue weighted by atomic mass is 10.3. The van der Waals surface area contributed by atoms with Crippen molar-refractivity contribution in [3.05, 3.63) is 34.8 Å². The molecule has 1 aromatic carbocycles. The van der Waals surface area contributed by atoms with Crippen LogP contribution in [0.15, 0.2) is 33.5 Å². The van der Waals surface area contributed by atoms with Crippen molar-refractivity contribution in [1.82, 2.24) is 4.98 Å². The van der Waals surface area contributed by atoms with E-state index in [1.165, 1.54) is 4.88 Å². The Kier molecular flexibility index (Phi) is 3.51. The first kappa shape index (κ1) is 11.5. The Hall–Kier alpha value is -1.00. The summed E-state index contributed by atoms with van der Waals surface area (Å²) in [6.45, 7) is 4.20. The van der Waals surface area contributed by atoms with Crippen molar-refractivity contribution in [3.8, 4) is 5.75 Å². The molecule has 0 radical (unpaired) electrons. The number of phenolic OH excluding ortho intramolecular Hbond substituents is 1.